The van der Waals surface area contributed by atoms with E-state index < -0.39 is 0 Å². The molecule has 0 aromatic heterocycles. The molecule has 1 saturated heterocycles. The Bertz CT molecular complexity index is 547. The lowest BCUT2D eigenvalue weighted by molar-refractivity contribution is -0.385. The molecule has 114 valence electrons. The highest BCUT2D eigenvalue weighted by molar-refractivity contribution is 5.50. The van der Waals surface area contributed by atoms with Gasteiger partial charge in [0.25, 0.3) is 5.69 Å². The Hall–Kier alpha value is -1.66. The van der Waals surface area contributed by atoms with Crippen LogP contribution in [0.5, 0.6) is 5.75 Å². The van der Waals surface area contributed by atoms with E-state index in [-0.39, 0.29) is 17.4 Å². The van der Waals surface area contributed by atoms with Crippen molar-refractivity contribution in [2.45, 2.75) is 45.4 Å². The number of nitro benzene ring substituents is 1. The molecule has 2 heterocycles. The maximum absolute atomic E-state index is 11.1. The van der Waals surface area contributed by atoms with Crippen LogP contribution in [0.1, 0.15) is 37.3 Å². The highest BCUT2D eigenvalue weighted by Crippen LogP contribution is 2.34. The molecule has 0 radical (unpaired) electrons. The summed E-state index contributed by atoms with van der Waals surface area (Å²) in [7, 11) is 0. The van der Waals surface area contributed by atoms with Gasteiger partial charge in [0.1, 0.15) is 5.75 Å². The Balaban J connectivity index is 1.92. The largest absolute Gasteiger partial charge is 0.467 e. The molecular weight excluding hydrogens is 272 g/mol. The Morgan fingerprint density at radius 2 is 2.29 bits per heavy atom. The lowest BCUT2D eigenvalue weighted by Gasteiger charge is -2.34. The molecule has 1 aromatic rings. The fraction of sp³-hybridized carbons (Fsp3) is 0.600. The maximum atomic E-state index is 11.1. The van der Waals surface area contributed by atoms with Crippen LogP contribution in [-0.2, 0) is 17.9 Å². The molecule has 6 nitrogen and oxygen atoms in total. The van der Waals surface area contributed by atoms with Crippen molar-refractivity contribution in [3.05, 3.63) is 33.4 Å². The van der Waals surface area contributed by atoms with Crippen LogP contribution in [-0.4, -0.2) is 29.2 Å². The summed E-state index contributed by atoms with van der Waals surface area (Å²) in [6.45, 7) is 4.54. The van der Waals surface area contributed by atoms with Crippen molar-refractivity contribution in [2.75, 3.05) is 13.3 Å². The minimum absolute atomic E-state index is 0.113. The number of non-ortho nitro benzene ring substituents is 1. The van der Waals surface area contributed by atoms with E-state index in [1.807, 2.05) is 0 Å². The SMILES string of the molecule is C[C@H]1CCCCN1Cc1cc([N+](=O)[O-])cc2c1OCOC2. The molecule has 1 atom stereocenters. The Kier molecular flexibility index (Phi) is 4.07. The van der Waals surface area contributed by atoms with Crippen molar-refractivity contribution in [1.29, 1.82) is 0 Å². The molecule has 2 aliphatic heterocycles. The lowest BCUT2D eigenvalue weighted by atomic mass is 10.0. The molecule has 0 spiro atoms. The van der Waals surface area contributed by atoms with Crippen molar-refractivity contribution in [3.63, 3.8) is 0 Å². The summed E-state index contributed by atoms with van der Waals surface area (Å²) in [5.74, 6) is 0.768. The summed E-state index contributed by atoms with van der Waals surface area (Å²) >= 11 is 0. The zero-order chi connectivity index (χ0) is 14.8. The predicted octanol–water partition coefficient (Wildman–Crippen LogP) is 2.84. The molecule has 0 N–H and O–H groups in total. The number of nitrogens with zero attached hydrogens (tertiary/aromatic N) is 2. The number of ether oxygens (including phenoxy) is 2. The number of rotatable bonds is 3. The average Bonchev–Trinajstić information content (AvgIpc) is 2.49. The van der Waals surface area contributed by atoms with E-state index in [4.69, 9.17) is 9.47 Å². The van der Waals surface area contributed by atoms with Crippen molar-refractivity contribution >= 4 is 5.69 Å². The topological polar surface area (TPSA) is 64.8 Å². The van der Waals surface area contributed by atoms with E-state index in [1.54, 1.807) is 12.1 Å². The predicted molar refractivity (Wildman–Crippen MR) is 77.1 cm³/mol. The first kappa shape index (κ1) is 14.3. The molecule has 6 heteroatoms. The van der Waals surface area contributed by atoms with E-state index >= 15 is 0 Å². The van der Waals surface area contributed by atoms with Crippen LogP contribution in [0.4, 0.5) is 5.69 Å². The Morgan fingerprint density at radius 1 is 1.43 bits per heavy atom. The smallest absolute Gasteiger partial charge is 0.270 e. The van der Waals surface area contributed by atoms with Gasteiger partial charge in [-0.25, -0.2) is 0 Å². The van der Waals surface area contributed by atoms with Crippen LogP contribution >= 0.6 is 0 Å². The van der Waals surface area contributed by atoms with Gasteiger partial charge < -0.3 is 9.47 Å². The van der Waals surface area contributed by atoms with E-state index in [0.29, 0.717) is 19.2 Å². The molecule has 0 saturated carbocycles. The van der Waals surface area contributed by atoms with Crippen molar-refractivity contribution in [2.24, 2.45) is 0 Å². The van der Waals surface area contributed by atoms with Crippen LogP contribution in [0.15, 0.2) is 12.1 Å². The van der Waals surface area contributed by atoms with Crippen LogP contribution < -0.4 is 4.74 Å². The minimum Gasteiger partial charge on any atom is -0.467 e. The normalized spacial score (nSPS) is 22.4. The third-order valence-corrected chi connectivity index (χ3v) is 4.30. The summed E-state index contributed by atoms with van der Waals surface area (Å²) in [4.78, 5) is 13.1. The third-order valence-electron chi connectivity index (χ3n) is 4.30. The molecule has 0 unspecified atom stereocenters. The van der Waals surface area contributed by atoms with E-state index in [1.165, 1.54) is 19.3 Å². The van der Waals surface area contributed by atoms with Gasteiger partial charge in [-0.2, -0.15) is 0 Å². The van der Waals surface area contributed by atoms with Crippen LogP contribution in [0.2, 0.25) is 0 Å². The zero-order valence-electron chi connectivity index (χ0n) is 12.2. The first-order chi connectivity index (χ1) is 10.1. The van der Waals surface area contributed by atoms with Gasteiger partial charge in [0, 0.05) is 35.8 Å². The van der Waals surface area contributed by atoms with Gasteiger partial charge in [0.15, 0.2) is 6.79 Å². The van der Waals surface area contributed by atoms with Crippen LogP contribution in [0, 0.1) is 10.1 Å². The minimum atomic E-state index is -0.349. The Labute approximate surface area is 123 Å². The molecule has 0 bridgehead atoms. The molecular formula is C15H20N2O4. The highest BCUT2D eigenvalue weighted by atomic mass is 16.7. The number of nitro groups is 1. The highest BCUT2D eigenvalue weighted by Gasteiger charge is 2.24. The van der Waals surface area contributed by atoms with Gasteiger partial charge >= 0.3 is 0 Å². The van der Waals surface area contributed by atoms with E-state index in [2.05, 4.69) is 11.8 Å². The summed E-state index contributed by atoms with van der Waals surface area (Å²) in [5.41, 5.74) is 1.79. The standard InChI is InChI=1S/C15H20N2O4/c1-11-4-2-3-5-16(11)8-12-6-14(17(18)19)7-13-9-20-10-21-15(12)13/h6-7,11H,2-5,8-10H2,1H3/t11-/m0/s1. The van der Waals surface area contributed by atoms with Gasteiger partial charge in [-0.05, 0) is 26.3 Å². The third kappa shape index (κ3) is 3.01. The molecule has 0 amide bonds. The molecule has 0 aliphatic carbocycles. The number of benzene rings is 1. The van der Waals surface area contributed by atoms with E-state index in [9.17, 15) is 10.1 Å². The number of hydrogen-bond donors (Lipinski definition) is 0. The summed E-state index contributed by atoms with van der Waals surface area (Å²) in [6.07, 6.45) is 3.63. The van der Waals surface area contributed by atoms with Crippen molar-refractivity contribution < 1.29 is 14.4 Å². The summed E-state index contributed by atoms with van der Waals surface area (Å²) in [5, 5.41) is 11.1. The fourth-order valence-corrected chi connectivity index (χ4v) is 3.11. The van der Waals surface area contributed by atoms with Gasteiger partial charge in [0.05, 0.1) is 11.5 Å². The number of piperidine rings is 1. The molecule has 21 heavy (non-hydrogen) atoms. The number of likely N-dealkylation sites (tertiary alicyclic amines) is 1. The first-order valence-corrected chi connectivity index (χ1v) is 7.40. The number of hydrogen-bond acceptors (Lipinski definition) is 5. The lowest BCUT2D eigenvalue weighted by Crippen LogP contribution is -2.37. The van der Waals surface area contributed by atoms with Crippen molar-refractivity contribution in [3.8, 4) is 5.75 Å². The first-order valence-electron chi connectivity index (χ1n) is 7.40. The Morgan fingerprint density at radius 3 is 3.05 bits per heavy atom. The monoisotopic (exact) mass is 292 g/mol. The van der Waals surface area contributed by atoms with Gasteiger partial charge in [-0.3, -0.25) is 15.0 Å². The quantitative estimate of drug-likeness (QED) is 0.633. The molecule has 3 rings (SSSR count). The van der Waals surface area contributed by atoms with Gasteiger partial charge in [-0.15, -0.1) is 0 Å². The zero-order valence-corrected chi connectivity index (χ0v) is 12.2. The van der Waals surface area contributed by atoms with E-state index in [0.717, 1.165) is 23.4 Å². The van der Waals surface area contributed by atoms with Crippen LogP contribution in [0.25, 0.3) is 0 Å². The summed E-state index contributed by atoms with van der Waals surface area (Å²) < 4.78 is 10.8. The number of fused-ring (bicyclic) bond motifs is 1. The maximum Gasteiger partial charge on any atom is 0.270 e. The summed E-state index contributed by atoms with van der Waals surface area (Å²) in [6, 6.07) is 3.71. The second-order valence-electron chi connectivity index (χ2n) is 5.78. The molecule has 1 fully saturated rings. The second-order valence-corrected chi connectivity index (χ2v) is 5.78. The molecule has 1 aromatic carbocycles. The molecule has 2 aliphatic rings. The van der Waals surface area contributed by atoms with Crippen molar-refractivity contribution in [1.82, 2.24) is 4.90 Å². The van der Waals surface area contributed by atoms with Gasteiger partial charge in [0.2, 0.25) is 0 Å². The average molecular weight is 292 g/mol. The van der Waals surface area contributed by atoms with Gasteiger partial charge in [-0.1, -0.05) is 6.42 Å². The fourth-order valence-electron chi connectivity index (χ4n) is 3.11. The second kappa shape index (κ2) is 5.99. The van der Waals surface area contributed by atoms with Crippen LogP contribution in [0.3, 0.4) is 0 Å².